The zero-order chi connectivity index (χ0) is 20.4. The van der Waals surface area contributed by atoms with Gasteiger partial charge in [0.05, 0.1) is 6.61 Å². The standard InChI is InChI=1S/C19H32F2N4O2/c1-7-10-26-15-9-8-14(16(11-15)27-17(20)21)12-23-18(22-4)24-13-19(2,3)25(5)6/h8-9,11,17H,7,10,12-13H2,1-6H3,(H2,22,23,24). The second kappa shape index (κ2) is 10.9. The molecule has 0 amide bonds. The summed E-state index contributed by atoms with van der Waals surface area (Å²) in [6, 6.07) is 4.95. The zero-order valence-corrected chi connectivity index (χ0v) is 17.1. The van der Waals surface area contributed by atoms with Crippen LogP contribution in [0.2, 0.25) is 0 Å². The van der Waals surface area contributed by atoms with E-state index in [4.69, 9.17) is 4.74 Å². The Labute approximate surface area is 160 Å². The molecular formula is C19H32F2N4O2. The molecule has 0 aliphatic heterocycles. The summed E-state index contributed by atoms with van der Waals surface area (Å²) >= 11 is 0. The molecule has 27 heavy (non-hydrogen) atoms. The molecule has 8 heteroatoms. The van der Waals surface area contributed by atoms with Crippen molar-refractivity contribution in [1.82, 2.24) is 15.5 Å². The molecule has 0 atom stereocenters. The lowest BCUT2D eigenvalue weighted by molar-refractivity contribution is -0.0505. The van der Waals surface area contributed by atoms with E-state index in [0.717, 1.165) is 6.42 Å². The van der Waals surface area contributed by atoms with Crippen LogP contribution < -0.4 is 20.1 Å². The topological polar surface area (TPSA) is 58.1 Å². The molecule has 6 nitrogen and oxygen atoms in total. The molecule has 0 unspecified atom stereocenters. The lowest BCUT2D eigenvalue weighted by Crippen LogP contribution is -2.50. The molecule has 1 aromatic carbocycles. The average molecular weight is 386 g/mol. The Balaban J connectivity index is 2.77. The quantitative estimate of drug-likeness (QED) is 0.478. The van der Waals surface area contributed by atoms with Crippen molar-refractivity contribution in [2.75, 3.05) is 34.3 Å². The van der Waals surface area contributed by atoms with Gasteiger partial charge >= 0.3 is 6.61 Å². The zero-order valence-electron chi connectivity index (χ0n) is 17.1. The van der Waals surface area contributed by atoms with Gasteiger partial charge in [0.2, 0.25) is 0 Å². The van der Waals surface area contributed by atoms with Crippen molar-refractivity contribution >= 4 is 5.96 Å². The number of nitrogens with one attached hydrogen (secondary N) is 2. The Morgan fingerprint density at radius 1 is 1.26 bits per heavy atom. The number of likely N-dealkylation sites (N-methyl/N-ethyl adjacent to an activating group) is 1. The van der Waals surface area contributed by atoms with E-state index in [1.54, 1.807) is 19.2 Å². The molecule has 0 aliphatic carbocycles. The third kappa shape index (κ3) is 7.99. The van der Waals surface area contributed by atoms with E-state index in [0.29, 0.717) is 30.4 Å². The van der Waals surface area contributed by atoms with Gasteiger partial charge in [-0.1, -0.05) is 6.92 Å². The number of nitrogens with zero attached hydrogens (tertiary/aromatic N) is 2. The van der Waals surface area contributed by atoms with Crippen LogP contribution in [-0.2, 0) is 6.54 Å². The van der Waals surface area contributed by atoms with Crippen molar-refractivity contribution in [2.45, 2.75) is 45.9 Å². The van der Waals surface area contributed by atoms with Gasteiger partial charge in [0.25, 0.3) is 0 Å². The highest BCUT2D eigenvalue weighted by Gasteiger charge is 2.20. The van der Waals surface area contributed by atoms with Crippen LogP contribution in [0.5, 0.6) is 11.5 Å². The summed E-state index contributed by atoms with van der Waals surface area (Å²) < 4.78 is 35.7. The number of alkyl halides is 2. The summed E-state index contributed by atoms with van der Waals surface area (Å²) in [6.45, 7) is 4.77. The minimum atomic E-state index is -2.90. The number of hydrogen-bond donors (Lipinski definition) is 2. The maximum atomic E-state index is 12.8. The van der Waals surface area contributed by atoms with Crippen molar-refractivity contribution in [2.24, 2.45) is 4.99 Å². The average Bonchev–Trinajstić information content (AvgIpc) is 2.60. The second-order valence-electron chi connectivity index (χ2n) is 6.98. The Bertz CT molecular complexity index is 607. The summed E-state index contributed by atoms with van der Waals surface area (Å²) in [7, 11) is 5.68. The lowest BCUT2D eigenvalue weighted by atomic mass is 10.0. The van der Waals surface area contributed by atoms with Gasteiger partial charge in [-0.05, 0) is 46.5 Å². The van der Waals surface area contributed by atoms with Gasteiger partial charge in [-0.15, -0.1) is 0 Å². The maximum Gasteiger partial charge on any atom is 0.387 e. The fourth-order valence-electron chi connectivity index (χ4n) is 2.05. The van der Waals surface area contributed by atoms with E-state index in [9.17, 15) is 8.78 Å². The van der Waals surface area contributed by atoms with E-state index >= 15 is 0 Å². The van der Waals surface area contributed by atoms with Crippen molar-refractivity contribution in [3.63, 3.8) is 0 Å². The van der Waals surface area contributed by atoms with Gasteiger partial charge in [-0.3, -0.25) is 4.99 Å². The monoisotopic (exact) mass is 386 g/mol. The Kier molecular flexibility index (Phi) is 9.28. The maximum absolute atomic E-state index is 12.8. The highest BCUT2D eigenvalue weighted by atomic mass is 19.3. The molecule has 0 heterocycles. The van der Waals surface area contributed by atoms with E-state index in [-0.39, 0.29) is 17.8 Å². The van der Waals surface area contributed by atoms with E-state index in [2.05, 4.69) is 39.1 Å². The molecule has 154 valence electrons. The van der Waals surface area contributed by atoms with Crippen LogP contribution in [0, 0.1) is 0 Å². The van der Waals surface area contributed by atoms with Gasteiger partial charge in [0.15, 0.2) is 5.96 Å². The lowest BCUT2D eigenvalue weighted by Gasteiger charge is -2.33. The molecule has 0 saturated heterocycles. The van der Waals surface area contributed by atoms with Crippen molar-refractivity contribution < 1.29 is 18.3 Å². The van der Waals surface area contributed by atoms with E-state index in [1.807, 2.05) is 21.0 Å². The van der Waals surface area contributed by atoms with Crippen LogP contribution in [0.15, 0.2) is 23.2 Å². The summed E-state index contributed by atoms with van der Waals surface area (Å²) in [5.74, 6) is 1.18. The van der Waals surface area contributed by atoms with Crippen LogP contribution >= 0.6 is 0 Å². The number of ether oxygens (including phenoxy) is 2. The summed E-state index contributed by atoms with van der Waals surface area (Å²) in [5.41, 5.74) is 0.522. The molecule has 0 fully saturated rings. The van der Waals surface area contributed by atoms with Crippen LogP contribution in [0.3, 0.4) is 0 Å². The molecule has 1 aromatic rings. The van der Waals surface area contributed by atoms with Crippen molar-refractivity contribution in [3.8, 4) is 11.5 Å². The number of halogens is 2. The first-order valence-corrected chi connectivity index (χ1v) is 9.02. The van der Waals surface area contributed by atoms with Crippen molar-refractivity contribution in [3.05, 3.63) is 23.8 Å². The number of hydrogen-bond acceptors (Lipinski definition) is 4. The highest BCUT2D eigenvalue weighted by Crippen LogP contribution is 2.26. The number of aliphatic imine (C=N–C) groups is 1. The molecule has 2 N–H and O–H groups in total. The predicted molar refractivity (Wildman–Crippen MR) is 105 cm³/mol. The molecule has 0 bridgehead atoms. The third-order valence-corrected chi connectivity index (χ3v) is 4.30. The van der Waals surface area contributed by atoms with E-state index < -0.39 is 6.61 Å². The molecule has 1 rings (SSSR count). The molecule has 0 saturated carbocycles. The summed E-state index contributed by atoms with van der Waals surface area (Å²) in [4.78, 5) is 6.28. The van der Waals surface area contributed by atoms with E-state index in [1.165, 1.54) is 6.07 Å². The van der Waals surface area contributed by atoms with Gasteiger partial charge in [-0.25, -0.2) is 0 Å². The largest absolute Gasteiger partial charge is 0.493 e. The number of benzene rings is 1. The normalized spacial score (nSPS) is 12.4. The van der Waals surface area contributed by atoms with Crippen LogP contribution in [0.25, 0.3) is 0 Å². The van der Waals surface area contributed by atoms with Crippen LogP contribution in [0.4, 0.5) is 8.78 Å². The first-order chi connectivity index (χ1) is 12.7. The molecule has 0 aromatic heterocycles. The smallest absolute Gasteiger partial charge is 0.387 e. The molecule has 0 radical (unpaired) electrons. The molecule has 0 spiro atoms. The Morgan fingerprint density at radius 3 is 2.52 bits per heavy atom. The fourth-order valence-corrected chi connectivity index (χ4v) is 2.05. The van der Waals surface area contributed by atoms with Gasteiger partial charge in [0.1, 0.15) is 11.5 Å². The minimum absolute atomic E-state index is 0.0696. The molecule has 0 aliphatic rings. The minimum Gasteiger partial charge on any atom is -0.493 e. The van der Waals surface area contributed by atoms with Crippen LogP contribution in [0.1, 0.15) is 32.8 Å². The summed E-state index contributed by atoms with van der Waals surface area (Å²) in [5, 5.41) is 6.37. The first-order valence-electron chi connectivity index (χ1n) is 9.02. The number of guanidine groups is 1. The SMILES string of the molecule is CCCOc1ccc(CNC(=NC)NCC(C)(C)N(C)C)c(OC(F)F)c1. The van der Waals surface area contributed by atoms with Gasteiger partial charge in [0, 0.05) is 37.3 Å². The Hall–Kier alpha value is -2.09. The second-order valence-corrected chi connectivity index (χ2v) is 6.98. The first kappa shape index (κ1) is 23.0. The van der Waals surface area contributed by atoms with Crippen LogP contribution in [-0.4, -0.2) is 57.3 Å². The third-order valence-electron chi connectivity index (χ3n) is 4.30. The predicted octanol–water partition coefficient (Wildman–Crippen LogP) is 3.08. The van der Waals surface area contributed by atoms with Gasteiger partial charge in [-0.2, -0.15) is 8.78 Å². The molecular weight excluding hydrogens is 354 g/mol. The van der Waals surface area contributed by atoms with Gasteiger partial charge < -0.3 is 25.0 Å². The number of rotatable bonds is 10. The Morgan fingerprint density at radius 2 is 1.96 bits per heavy atom. The van der Waals surface area contributed by atoms with Crippen molar-refractivity contribution in [1.29, 1.82) is 0 Å². The summed E-state index contributed by atoms with van der Waals surface area (Å²) in [6.07, 6.45) is 0.833. The fraction of sp³-hybridized carbons (Fsp3) is 0.632. The highest BCUT2D eigenvalue weighted by molar-refractivity contribution is 5.79.